The number of hydrazine groups is 1. The molecule has 0 fully saturated rings. The van der Waals surface area contributed by atoms with Gasteiger partial charge >= 0.3 is 18.0 Å². The third kappa shape index (κ3) is 9.38. The lowest BCUT2D eigenvalue weighted by molar-refractivity contribution is -0.385. The summed E-state index contributed by atoms with van der Waals surface area (Å²) in [5.41, 5.74) is 6.54. The van der Waals surface area contributed by atoms with Gasteiger partial charge in [-0.3, -0.25) is 35.2 Å². The predicted octanol–water partition coefficient (Wildman–Crippen LogP) is 6.02. The minimum Gasteiger partial charge on any atom is -0.460 e. The Hall–Kier alpha value is -5.30. The van der Waals surface area contributed by atoms with Crippen LogP contribution in [-0.4, -0.2) is 52.7 Å². The molecule has 0 saturated heterocycles. The molecule has 0 heterocycles. The summed E-state index contributed by atoms with van der Waals surface area (Å²) in [7, 11) is 0. The van der Waals surface area contributed by atoms with Crippen molar-refractivity contribution in [3.63, 3.8) is 0 Å². The van der Waals surface area contributed by atoms with Crippen molar-refractivity contribution in [2.75, 3.05) is 11.9 Å². The molecule has 0 spiro atoms. The van der Waals surface area contributed by atoms with E-state index in [1.54, 1.807) is 41.5 Å². The number of carbonyl (C=O) groups is 4. The molecule has 0 saturated carbocycles. The monoisotopic (exact) mass is 660 g/mol. The maximum Gasteiger partial charge on any atom is 0.411 e. The quantitative estimate of drug-likeness (QED) is 0.0954. The SMILES string of the molecule is CC(C)(C)OC(=O)CC[C@@H](NNC(=O)c1ccc(NC(=O)OCC2c3ccccc3-c3ccccc32)cc1[N+](=O)[O-])C(=O)OC(C)(C)C. The predicted molar refractivity (Wildman–Crippen MR) is 177 cm³/mol. The van der Waals surface area contributed by atoms with Crippen LogP contribution in [0, 0.1) is 10.1 Å². The van der Waals surface area contributed by atoms with Gasteiger partial charge in [0.15, 0.2) is 0 Å². The normalized spacial score (nSPS) is 13.0. The first-order chi connectivity index (χ1) is 22.5. The van der Waals surface area contributed by atoms with E-state index in [-0.39, 0.29) is 36.6 Å². The number of anilines is 1. The van der Waals surface area contributed by atoms with Gasteiger partial charge in [0.05, 0.1) is 10.6 Å². The van der Waals surface area contributed by atoms with Crippen LogP contribution in [0.25, 0.3) is 11.1 Å². The average molecular weight is 661 g/mol. The molecule has 254 valence electrons. The van der Waals surface area contributed by atoms with Crippen LogP contribution in [0.4, 0.5) is 16.2 Å². The number of ether oxygens (including phenoxy) is 3. The number of hydrogen-bond acceptors (Lipinski definition) is 10. The number of amides is 2. The van der Waals surface area contributed by atoms with Gasteiger partial charge in [-0.15, -0.1) is 0 Å². The van der Waals surface area contributed by atoms with Gasteiger partial charge in [0, 0.05) is 18.4 Å². The van der Waals surface area contributed by atoms with Crippen molar-refractivity contribution >= 4 is 35.3 Å². The number of carbonyl (C=O) groups excluding carboxylic acids is 4. The number of benzene rings is 3. The van der Waals surface area contributed by atoms with E-state index in [1.165, 1.54) is 6.07 Å². The molecule has 13 heteroatoms. The summed E-state index contributed by atoms with van der Waals surface area (Å²) in [4.78, 5) is 62.1. The van der Waals surface area contributed by atoms with Crippen LogP contribution < -0.4 is 16.2 Å². The first-order valence-corrected chi connectivity index (χ1v) is 15.4. The molecule has 0 aromatic heterocycles. The highest BCUT2D eigenvalue weighted by Gasteiger charge is 2.31. The zero-order valence-corrected chi connectivity index (χ0v) is 27.7. The van der Waals surface area contributed by atoms with Crippen molar-refractivity contribution in [1.82, 2.24) is 10.9 Å². The number of hydrogen-bond donors (Lipinski definition) is 3. The Bertz CT molecular complexity index is 1660. The molecule has 2 amide bonds. The summed E-state index contributed by atoms with van der Waals surface area (Å²) in [6, 6.07) is 18.1. The van der Waals surface area contributed by atoms with Crippen molar-refractivity contribution in [2.45, 2.75) is 77.5 Å². The van der Waals surface area contributed by atoms with Gasteiger partial charge in [0.2, 0.25) is 0 Å². The van der Waals surface area contributed by atoms with Gasteiger partial charge in [0.1, 0.15) is 29.4 Å². The van der Waals surface area contributed by atoms with Crippen molar-refractivity contribution in [2.24, 2.45) is 0 Å². The second-order valence-electron chi connectivity index (χ2n) is 13.2. The lowest BCUT2D eigenvalue weighted by Gasteiger charge is -2.25. The third-order valence-corrected chi connectivity index (χ3v) is 7.14. The van der Waals surface area contributed by atoms with E-state index < -0.39 is 51.8 Å². The molecule has 48 heavy (non-hydrogen) atoms. The van der Waals surface area contributed by atoms with Crippen molar-refractivity contribution in [3.8, 4) is 11.1 Å². The standard InChI is InChI=1S/C35H40N4O9/c1-34(2,3)47-30(40)18-17-28(32(42)48-35(4,5)6)37-38-31(41)26-16-15-21(19-29(26)39(44)45)36-33(43)46-20-27-24-13-9-7-11-22(24)23-12-8-10-14-25(23)27/h7-16,19,27-28,37H,17-18,20H2,1-6H3,(H,36,43)(H,38,41)/t28-/m1/s1. The number of nitro groups is 1. The molecule has 3 N–H and O–H groups in total. The van der Waals surface area contributed by atoms with Crippen LogP contribution in [0.2, 0.25) is 0 Å². The number of rotatable bonds is 11. The van der Waals surface area contributed by atoms with E-state index in [2.05, 4.69) is 16.2 Å². The summed E-state index contributed by atoms with van der Waals surface area (Å²) < 4.78 is 16.2. The molecule has 1 atom stereocenters. The fourth-order valence-electron chi connectivity index (χ4n) is 5.20. The van der Waals surface area contributed by atoms with E-state index in [9.17, 15) is 29.3 Å². The third-order valence-electron chi connectivity index (χ3n) is 7.14. The van der Waals surface area contributed by atoms with Crippen molar-refractivity contribution < 1.29 is 38.3 Å². The van der Waals surface area contributed by atoms with Gasteiger partial charge in [-0.2, -0.15) is 0 Å². The number of fused-ring (bicyclic) bond motifs is 3. The lowest BCUT2D eigenvalue weighted by Crippen LogP contribution is -2.50. The summed E-state index contributed by atoms with van der Waals surface area (Å²) >= 11 is 0. The smallest absolute Gasteiger partial charge is 0.411 e. The fraction of sp³-hybridized carbons (Fsp3) is 0.371. The minimum absolute atomic E-state index is 0.0347. The summed E-state index contributed by atoms with van der Waals surface area (Å²) in [5.74, 6) is -2.41. The van der Waals surface area contributed by atoms with E-state index in [1.807, 2.05) is 48.5 Å². The summed E-state index contributed by atoms with van der Waals surface area (Å²) in [6.45, 7) is 10.2. The summed E-state index contributed by atoms with van der Waals surface area (Å²) in [5, 5.41) is 14.4. The Labute approximate surface area is 278 Å². The first kappa shape index (κ1) is 35.6. The zero-order valence-electron chi connectivity index (χ0n) is 27.7. The molecule has 1 aliphatic rings. The lowest BCUT2D eigenvalue weighted by atomic mass is 9.98. The van der Waals surface area contributed by atoms with Gasteiger partial charge < -0.3 is 14.2 Å². The molecule has 0 aliphatic heterocycles. The Balaban J connectivity index is 1.40. The van der Waals surface area contributed by atoms with Crippen LogP contribution in [0.15, 0.2) is 66.7 Å². The molecular formula is C35H40N4O9. The van der Waals surface area contributed by atoms with Crippen LogP contribution in [0.3, 0.4) is 0 Å². The van der Waals surface area contributed by atoms with Gasteiger partial charge in [-0.1, -0.05) is 48.5 Å². The van der Waals surface area contributed by atoms with E-state index in [0.29, 0.717) is 0 Å². The molecule has 3 aromatic rings. The Kier molecular flexibility index (Phi) is 10.8. The number of nitrogens with zero attached hydrogens (tertiary/aromatic N) is 1. The minimum atomic E-state index is -1.17. The highest BCUT2D eigenvalue weighted by molar-refractivity contribution is 5.99. The van der Waals surface area contributed by atoms with Crippen LogP contribution in [0.1, 0.15) is 81.8 Å². The average Bonchev–Trinajstić information content (AvgIpc) is 3.31. The molecule has 13 nitrogen and oxygen atoms in total. The second-order valence-corrected chi connectivity index (χ2v) is 13.2. The zero-order chi connectivity index (χ0) is 35.2. The van der Waals surface area contributed by atoms with Crippen LogP contribution in [-0.2, 0) is 23.8 Å². The Morgan fingerprint density at radius 1 is 0.854 bits per heavy atom. The van der Waals surface area contributed by atoms with Gasteiger partial charge in [-0.25, -0.2) is 10.2 Å². The molecule has 3 aromatic carbocycles. The van der Waals surface area contributed by atoms with Gasteiger partial charge in [0.25, 0.3) is 11.6 Å². The van der Waals surface area contributed by atoms with Crippen LogP contribution in [0.5, 0.6) is 0 Å². The second kappa shape index (κ2) is 14.6. The molecule has 1 aliphatic carbocycles. The fourth-order valence-corrected chi connectivity index (χ4v) is 5.20. The van der Waals surface area contributed by atoms with Gasteiger partial charge in [-0.05, 0) is 82.3 Å². The van der Waals surface area contributed by atoms with Crippen molar-refractivity contribution in [1.29, 1.82) is 0 Å². The maximum atomic E-state index is 13.1. The van der Waals surface area contributed by atoms with E-state index >= 15 is 0 Å². The molecule has 0 radical (unpaired) electrons. The first-order valence-electron chi connectivity index (χ1n) is 15.4. The highest BCUT2D eigenvalue weighted by Crippen LogP contribution is 2.44. The van der Waals surface area contributed by atoms with E-state index in [4.69, 9.17) is 14.2 Å². The van der Waals surface area contributed by atoms with Crippen molar-refractivity contribution in [3.05, 3.63) is 93.5 Å². The molecule has 0 unspecified atom stereocenters. The Morgan fingerprint density at radius 3 is 2.00 bits per heavy atom. The number of esters is 2. The number of nitrogens with one attached hydrogen (secondary N) is 3. The topological polar surface area (TPSA) is 175 Å². The maximum absolute atomic E-state index is 13.1. The Morgan fingerprint density at radius 2 is 1.44 bits per heavy atom. The molecule has 4 rings (SSSR count). The summed E-state index contributed by atoms with van der Waals surface area (Å²) in [6.07, 6.45) is -1.08. The number of nitro benzene ring substituents is 1. The van der Waals surface area contributed by atoms with Crippen LogP contribution >= 0.6 is 0 Å². The van der Waals surface area contributed by atoms with E-state index in [0.717, 1.165) is 34.4 Å². The molecular weight excluding hydrogens is 620 g/mol. The molecule has 0 bridgehead atoms. The largest absolute Gasteiger partial charge is 0.460 e. The highest BCUT2D eigenvalue weighted by atomic mass is 16.6.